The maximum Gasteiger partial charge on any atom is 0.255 e. The number of aromatic nitrogens is 2. The van der Waals surface area contributed by atoms with E-state index in [4.69, 9.17) is 11.5 Å². The lowest BCUT2D eigenvalue weighted by atomic mass is 10.1. The van der Waals surface area contributed by atoms with Gasteiger partial charge in [-0.3, -0.25) is 14.7 Å². The summed E-state index contributed by atoms with van der Waals surface area (Å²) in [5.74, 6) is -1.59. The lowest BCUT2D eigenvalue weighted by molar-refractivity contribution is -0.117. The number of carbonyl (C=O) groups excluding carboxylic acids is 2. The van der Waals surface area contributed by atoms with Gasteiger partial charge in [0, 0.05) is 18.7 Å². The van der Waals surface area contributed by atoms with Crippen LogP contribution in [0.4, 0.5) is 10.1 Å². The van der Waals surface area contributed by atoms with E-state index in [1.807, 2.05) is 0 Å². The van der Waals surface area contributed by atoms with E-state index in [9.17, 15) is 14.0 Å². The summed E-state index contributed by atoms with van der Waals surface area (Å²) in [7, 11) is 0. The molecule has 0 atom stereocenters. The summed E-state index contributed by atoms with van der Waals surface area (Å²) in [6, 6.07) is 4.23. The van der Waals surface area contributed by atoms with E-state index in [-0.39, 0.29) is 35.5 Å². The average Bonchev–Trinajstić information content (AvgIpc) is 2.87. The van der Waals surface area contributed by atoms with Crippen LogP contribution in [0.2, 0.25) is 0 Å². The number of hydrogen-bond donors (Lipinski definition) is 4. The first-order chi connectivity index (χ1) is 10.0. The summed E-state index contributed by atoms with van der Waals surface area (Å²) < 4.78 is 13.9. The van der Waals surface area contributed by atoms with Crippen molar-refractivity contribution in [3.05, 3.63) is 35.8 Å². The van der Waals surface area contributed by atoms with Crippen LogP contribution < -0.4 is 16.8 Å². The second kappa shape index (κ2) is 6.04. The van der Waals surface area contributed by atoms with E-state index in [1.165, 1.54) is 24.4 Å². The molecular weight excluding hydrogens is 277 g/mol. The van der Waals surface area contributed by atoms with Gasteiger partial charge in [0.25, 0.3) is 5.91 Å². The van der Waals surface area contributed by atoms with E-state index in [2.05, 4.69) is 15.5 Å². The van der Waals surface area contributed by atoms with Gasteiger partial charge < -0.3 is 16.8 Å². The second-order valence-electron chi connectivity index (χ2n) is 4.33. The molecule has 0 spiro atoms. The van der Waals surface area contributed by atoms with Crippen LogP contribution in [-0.4, -0.2) is 28.6 Å². The number of benzene rings is 1. The Hall–Kier alpha value is -2.90. The highest BCUT2D eigenvalue weighted by Crippen LogP contribution is 2.29. The molecule has 2 aromatic rings. The SMILES string of the molecule is NC(=O)CCNC(=O)c1cn[nH]c1-c1c(N)cccc1F. The van der Waals surface area contributed by atoms with Gasteiger partial charge in [-0.15, -0.1) is 0 Å². The molecule has 0 aliphatic carbocycles. The highest BCUT2D eigenvalue weighted by Gasteiger charge is 2.19. The summed E-state index contributed by atoms with van der Waals surface area (Å²) in [6.45, 7) is 0.0888. The number of nitrogens with zero attached hydrogens (tertiary/aromatic N) is 1. The van der Waals surface area contributed by atoms with Crippen molar-refractivity contribution in [1.29, 1.82) is 0 Å². The number of amides is 2. The summed E-state index contributed by atoms with van der Waals surface area (Å²) in [5.41, 5.74) is 11.3. The zero-order valence-electron chi connectivity index (χ0n) is 11.0. The maximum absolute atomic E-state index is 13.9. The highest BCUT2D eigenvalue weighted by molar-refractivity contribution is 6.01. The van der Waals surface area contributed by atoms with E-state index in [0.717, 1.165) is 0 Å². The van der Waals surface area contributed by atoms with E-state index >= 15 is 0 Å². The number of rotatable bonds is 5. The summed E-state index contributed by atoms with van der Waals surface area (Å²) in [6.07, 6.45) is 1.28. The first-order valence-electron chi connectivity index (χ1n) is 6.15. The molecule has 21 heavy (non-hydrogen) atoms. The molecule has 0 fully saturated rings. The smallest absolute Gasteiger partial charge is 0.255 e. The number of nitrogens with one attached hydrogen (secondary N) is 2. The van der Waals surface area contributed by atoms with Crippen molar-refractivity contribution in [3.63, 3.8) is 0 Å². The molecule has 110 valence electrons. The molecule has 0 bridgehead atoms. The lowest BCUT2D eigenvalue weighted by Gasteiger charge is -2.08. The number of anilines is 1. The molecule has 6 N–H and O–H groups in total. The van der Waals surface area contributed by atoms with Gasteiger partial charge in [0.1, 0.15) is 5.82 Å². The Balaban J connectivity index is 2.26. The Kier molecular flexibility index (Phi) is 4.17. The van der Waals surface area contributed by atoms with Gasteiger partial charge in [-0.1, -0.05) is 6.07 Å². The zero-order chi connectivity index (χ0) is 15.4. The molecule has 7 nitrogen and oxygen atoms in total. The molecule has 0 saturated carbocycles. The third kappa shape index (κ3) is 3.16. The highest BCUT2D eigenvalue weighted by atomic mass is 19.1. The van der Waals surface area contributed by atoms with Gasteiger partial charge in [-0.05, 0) is 12.1 Å². The van der Waals surface area contributed by atoms with Crippen molar-refractivity contribution in [2.75, 3.05) is 12.3 Å². The van der Waals surface area contributed by atoms with Crippen LogP contribution in [0, 0.1) is 5.82 Å². The molecule has 1 aromatic heterocycles. The number of hydrogen-bond acceptors (Lipinski definition) is 4. The third-order valence-electron chi connectivity index (χ3n) is 2.84. The standard InChI is InChI=1S/C13H14FN5O2/c14-8-2-1-3-9(15)11(8)12-7(6-18-19-12)13(21)17-5-4-10(16)20/h1-3,6H,4-5,15H2,(H2,16,20)(H,17,21)(H,18,19). The minimum atomic E-state index is -0.564. The van der Waals surface area contributed by atoms with E-state index in [0.29, 0.717) is 0 Å². The number of primary amides is 1. The Morgan fingerprint density at radius 2 is 2.14 bits per heavy atom. The van der Waals surface area contributed by atoms with Gasteiger partial charge >= 0.3 is 0 Å². The number of carbonyl (C=O) groups is 2. The first-order valence-corrected chi connectivity index (χ1v) is 6.15. The predicted molar refractivity (Wildman–Crippen MR) is 74.5 cm³/mol. The first kappa shape index (κ1) is 14.5. The number of aromatic amines is 1. The molecular formula is C13H14FN5O2. The van der Waals surface area contributed by atoms with Crippen LogP contribution in [0.5, 0.6) is 0 Å². The molecule has 2 amide bonds. The van der Waals surface area contributed by atoms with Crippen LogP contribution in [0.3, 0.4) is 0 Å². The van der Waals surface area contributed by atoms with Crippen LogP contribution in [0.15, 0.2) is 24.4 Å². The fraction of sp³-hybridized carbons (Fsp3) is 0.154. The molecule has 0 radical (unpaired) electrons. The van der Waals surface area contributed by atoms with Gasteiger partial charge in [0.15, 0.2) is 0 Å². The van der Waals surface area contributed by atoms with Gasteiger partial charge in [0.05, 0.1) is 23.0 Å². The zero-order valence-corrected chi connectivity index (χ0v) is 11.0. The van der Waals surface area contributed by atoms with Crippen LogP contribution >= 0.6 is 0 Å². The molecule has 0 unspecified atom stereocenters. The maximum atomic E-state index is 13.9. The van der Waals surface area contributed by atoms with E-state index < -0.39 is 17.6 Å². The second-order valence-corrected chi connectivity index (χ2v) is 4.33. The van der Waals surface area contributed by atoms with Gasteiger partial charge in [0.2, 0.25) is 5.91 Å². The Morgan fingerprint density at radius 3 is 2.81 bits per heavy atom. The minimum Gasteiger partial charge on any atom is -0.398 e. The molecule has 0 aliphatic rings. The topological polar surface area (TPSA) is 127 Å². The Morgan fingerprint density at radius 1 is 1.38 bits per heavy atom. The summed E-state index contributed by atoms with van der Waals surface area (Å²) in [5, 5.41) is 8.81. The number of nitrogen functional groups attached to an aromatic ring is 1. The fourth-order valence-electron chi connectivity index (χ4n) is 1.85. The molecule has 8 heteroatoms. The average molecular weight is 291 g/mol. The van der Waals surface area contributed by atoms with E-state index in [1.54, 1.807) is 0 Å². The molecule has 0 aliphatic heterocycles. The summed E-state index contributed by atoms with van der Waals surface area (Å²) >= 11 is 0. The monoisotopic (exact) mass is 291 g/mol. The van der Waals surface area contributed by atoms with Crippen LogP contribution in [0.25, 0.3) is 11.3 Å². The van der Waals surface area contributed by atoms with Crippen LogP contribution in [0.1, 0.15) is 16.8 Å². The van der Waals surface area contributed by atoms with Gasteiger partial charge in [-0.2, -0.15) is 5.10 Å². The Bertz CT molecular complexity index is 663. The largest absolute Gasteiger partial charge is 0.398 e. The van der Waals surface area contributed by atoms with Crippen molar-refractivity contribution in [1.82, 2.24) is 15.5 Å². The van der Waals surface area contributed by atoms with Crippen molar-refractivity contribution in [3.8, 4) is 11.3 Å². The normalized spacial score (nSPS) is 10.3. The molecule has 0 saturated heterocycles. The van der Waals surface area contributed by atoms with Crippen molar-refractivity contribution in [2.45, 2.75) is 6.42 Å². The van der Waals surface area contributed by atoms with Crippen molar-refractivity contribution in [2.24, 2.45) is 5.73 Å². The molecule has 1 heterocycles. The quantitative estimate of drug-likeness (QED) is 0.595. The minimum absolute atomic E-state index is 0.0146. The third-order valence-corrected chi connectivity index (χ3v) is 2.84. The van der Waals surface area contributed by atoms with Crippen molar-refractivity contribution >= 4 is 17.5 Å². The van der Waals surface area contributed by atoms with Crippen LogP contribution in [-0.2, 0) is 4.79 Å². The lowest BCUT2D eigenvalue weighted by Crippen LogP contribution is -2.28. The summed E-state index contributed by atoms with van der Waals surface area (Å²) in [4.78, 5) is 22.6. The fourth-order valence-corrected chi connectivity index (χ4v) is 1.85. The Labute approximate surface area is 119 Å². The van der Waals surface area contributed by atoms with Crippen molar-refractivity contribution < 1.29 is 14.0 Å². The molecule has 1 aromatic carbocycles. The molecule has 2 rings (SSSR count). The number of H-pyrrole nitrogens is 1. The van der Waals surface area contributed by atoms with Gasteiger partial charge in [-0.25, -0.2) is 4.39 Å². The number of halogens is 1. The number of nitrogens with two attached hydrogens (primary N) is 2. The predicted octanol–water partition coefficient (Wildman–Crippen LogP) is 0.403.